The first kappa shape index (κ1) is 21.5. The lowest BCUT2D eigenvalue weighted by Crippen LogP contribution is -2.46. The number of carbonyl (C=O) groups excluding carboxylic acids is 1. The van der Waals surface area contributed by atoms with Crippen LogP contribution in [0.2, 0.25) is 0 Å². The normalized spacial score (nSPS) is 14.6. The number of piperazine rings is 1. The molecule has 1 aliphatic heterocycles. The quantitative estimate of drug-likeness (QED) is 0.512. The fraction of sp³-hybridized carbons (Fsp3) is 0.320. The molecule has 2 aromatic carbocycles. The van der Waals surface area contributed by atoms with Crippen molar-refractivity contribution in [3.63, 3.8) is 0 Å². The maximum Gasteiger partial charge on any atom is 0.291 e. The molecular formula is C25H29N3O2S. The molecule has 0 atom stereocenters. The van der Waals surface area contributed by atoms with Gasteiger partial charge in [0.05, 0.1) is 5.75 Å². The molecule has 5 nitrogen and oxygen atoms in total. The number of amides is 1. The Kier molecular flexibility index (Phi) is 6.99. The van der Waals surface area contributed by atoms with Crippen molar-refractivity contribution in [2.75, 3.05) is 42.9 Å². The molecule has 1 aromatic heterocycles. The Labute approximate surface area is 188 Å². The number of hydrogen-bond acceptors (Lipinski definition) is 5. The van der Waals surface area contributed by atoms with Crippen molar-refractivity contribution < 1.29 is 9.21 Å². The van der Waals surface area contributed by atoms with Crippen molar-refractivity contribution in [3.05, 3.63) is 77.7 Å². The van der Waals surface area contributed by atoms with Crippen molar-refractivity contribution in [2.24, 2.45) is 0 Å². The number of furan rings is 1. The summed E-state index contributed by atoms with van der Waals surface area (Å²) in [6.45, 7) is 9.69. The third kappa shape index (κ3) is 5.51. The highest BCUT2D eigenvalue weighted by atomic mass is 32.2. The van der Waals surface area contributed by atoms with E-state index in [4.69, 9.17) is 4.42 Å². The van der Waals surface area contributed by atoms with E-state index in [1.807, 2.05) is 36.4 Å². The van der Waals surface area contributed by atoms with Crippen LogP contribution in [-0.2, 0) is 5.75 Å². The van der Waals surface area contributed by atoms with Gasteiger partial charge in [-0.25, -0.2) is 0 Å². The molecule has 0 saturated carbocycles. The SMILES string of the molecule is CCN1CCN(c2ccc(NC(=O)c3ccc(CSc4ccccc4)o3)cc2C)CC1. The standard InChI is InChI=1S/C25H29N3O2S/c1-3-27-13-15-28(16-14-27)23-11-9-20(17-19(23)2)26-25(29)24-12-10-21(30-24)18-31-22-7-5-4-6-8-22/h4-12,17H,3,13-16,18H2,1-2H3,(H,26,29). The molecule has 1 fully saturated rings. The minimum Gasteiger partial charge on any atom is -0.455 e. The molecule has 3 aromatic rings. The van der Waals surface area contributed by atoms with Gasteiger partial charge in [0.2, 0.25) is 0 Å². The lowest BCUT2D eigenvalue weighted by atomic mass is 10.1. The van der Waals surface area contributed by atoms with Crippen molar-refractivity contribution in [3.8, 4) is 0 Å². The summed E-state index contributed by atoms with van der Waals surface area (Å²) in [7, 11) is 0. The van der Waals surface area contributed by atoms with Gasteiger partial charge in [-0.1, -0.05) is 25.1 Å². The molecule has 6 heteroatoms. The zero-order valence-corrected chi connectivity index (χ0v) is 19.0. The predicted octanol–water partition coefficient (Wildman–Crippen LogP) is 5.27. The van der Waals surface area contributed by atoms with Crippen LogP contribution in [-0.4, -0.2) is 43.5 Å². The second-order valence-electron chi connectivity index (χ2n) is 7.74. The van der Waals surface area contributed by atoms with Gasteiger partial charge in [-0.3, -0.25) is 4.79 Å². The summed E-state index contributed by atoms with van der Waals surface area (Å²) in [6.07, 6.45) is 0. The number of hydrogen-bond donors (Lipinski definition) is 1. The third-order valence-corrected chi connectivity index (χ3v) is 6.66. The Morgan fingerprint density at radius 1 is 1.03 bits per heavy atom. The van der Waals surface area contributed by atoms with Gasteiger partial charge in [0.25, 0.3) is 5.91 Å². The summed E-state index contributed by atoms with van der Waals surface area (Å²) >= 11 is 1.69. The highest BCUT2D eigenvalue weighted by Crippen LogP contribution is 2.26. The van der Waals surface area contributed by atoms with E-state index in [0.717, 1.165) is 44.2 Å². The van der Waals surface area contributed by atoms with E-state index in [0.29, 0.717) is 11.5 Å². The van der Waals surface area contributed by atoms with Gasteiger partial charge >= 0.3 is 0 Å². The molecule has 0 bridgehead atoms. The van der Waals surface area contributed by atoms with E-state index in [9.17, 15) is 4.79 Å². The van der Waals surface area contributed by atoms with Crippen LogP contribution in [0.15, 0.2) is 70.0 Å². The summed E-state index contributed by atoms with van der Waals surface area (Å²) < 4.78 is 5.76. The van der Waals surface area contributed by atoms with Crippen molar-refractivity contribution in [1.82, 2.24) is 4.90 Å². The van der Waals surface area contributed by atoms with Crippen LogP contribution in [0.4, 0.5) is 11.4 Å². The first-order chi connectivity index (χ1) is 15.1. The number of nitrogens with zero attached hydrogens (tertiary/aromatic N) is 2. The Balaban J connectivity index is 1.34. The smallest absolute Gasteiger partial charge is 0.291 e. The molecule has 31 heavy (non-hydrogen) atoms. The topological polar surface area (TPSA) is 48.7 Å². The summed E-state index contributed by atoms with van der Waals surface area (Å²) in [5.74, 6) is 1.59. The molecule has 162 valence electrons. The molecule has 1 amide bonds. The van der Waals surface area contributed by atoms with Gasteiger partial charge in [-0.05, 0) is 61.5 Å². The van der Waals surface area contributed by atoms with Gasteiger partial charge in [-0.2, -0.15) is 0 Å². The highest BCUT2D eigenvalue weighted by Gasteiger charge is 2.18. The van der Waals surface area contributed by atoms with Gasteiger partial charge in [-0.15, -0.1) is 11.8 Å². The minimum absolute atomic E-state index is 0.223. The van der Waals surface area contributed by atoms with E-state index >= 15 is 0 Å². The van der Waals surface area contributed by atoms with Crippen LogP contribution in [0.3, 0.4) is 0 Å². The summed E-state index contributed by atoms with van der Waals surface area (Å²) in [5, 5.41) is 2.97. The molecule has 0 radical (unpaired) electrons. The van der Waals surface area contributed by atoms with Crippen molar-refractivity contribution in [1.29, 1.82) is 0 Å². The lowest BCUT2D eigenvalue weighted by molar-refractivity contribution is 0.0995. The van der Waals surface area contributed by atoms with E-state index in [2.05, 4.69) is 47.2 Å². The second kappa shape index (κ2) is 10.1. The molecule has 4 rings (SSSR count). The second-order valence-corrected chi connectivity index (χ2v) is 8.79. The molecule has 2 heterocycles. The van der Waals surface area contributed by atoms with Gasteiger partial charge in [0.1, 0.15) is 5.76 Å². The van der Waals surface area contributed by atoms with Crippen LogP contribution in [0.1, 0.15) is 28.8 Å². The zero-order chi connectivity index (χ0) is 21.6. The number of thioether (sulfide) groups is 1. The Morgan fingerprint density at radius 3 is 2.52 bits per heavy atom. The van der Waals surface area contributed by atoms with Gasteiger partial charge < -0.3 is 19.5 Å². The van der Waals surface area contributed by atoms with Crippen LogP contribution in [0.25, 0.3) is 0 Å². The highest BCUT2D eigenvalue weighted by molar-refractivity contribution is 7.98. The molecule has 1 aliphatic rings. The third-order valence-electron chi connectivity index (χ3n) is 5.62. The van der Waals surface area contributed by atoms with Gasteiger partial charge in [0, 0.05) is 42.4 Å². The minimum atomic E-state index is -0.223. The zero-order valence-electron chi connectivity index (χ0n) is 18.1. The maximum atomic E-state index is 12.6. The van der Waals surface area contributed by atoms with Gasteiger partial charge in [0.15, 0.2) is 5.76 Å². The Morgan fingerprint density at radius 2 is 1.81 bits per heavy atom. The molecule has 1 N–H and O–H groups in total. The maximum absolute atomic E-state index is 12.6. The number of carbonyl (C=O) groups is 1. The van der Waals surface area contributed by atoms with E-state index in [-0.39, 0.29) is 5.91 Å². The fourth-order valence-corrected chi connectivity index (χ4v) is 4.65. The number of benzene rings is 2. The number of rotatable bonds is 7. The Hall–Kier alpha value is -2.70. The number of likely N-dealkylation sites (N-methyl/N-ethyl adjacent to an activating group) is 1. The fourth-order valence-electron chi connectivity index (χ4n) is 3.83. The van der Waals surface area contributed by atoms with Crippen LogP contribution in [0, 0.1) is 6.92 Å². The number of anilines is 2. The van der Waals surface area contributed by atoms with E-state index in [1.54, 1.807) is 17.8 Å². The molecule has 0 unspecified atom stereocenters. The molecule has 1 saturated heterocycles. The first-order valence-electron chi connectivity index (χ1n) is 10.8. The lowest BCUT2D eigenvalue weighted by Gasteiger charge is -2.36. The average molecular weight is 436 g/mol. The molecule has 0 spiro atoms. The van der Waals surface area contributed by atoms with E-state index in [1.165, 1.54) is 16.1 Å². The van der Waals surface area contributed by atoms with Crippen molar-refractivity contribution >= 4 is 29.0 Å². The predicted molar refractivity (Wildman–Crippen MR) is 128 cm³/mol. The van der Waals surface area contributed by atoms with Crippen LogP contribution >= 0.6 is 11.8 Å². The molecule has 0 aliphatic carbocycles. The van der Waals surface area contributed by atoms with Crippen LogP contribution < -0.4 is 10.2 Å². The Bertz CT molecular complexity index is 1010. The van der Waals surface area contributed by atoms with Crippen molar-refractivity contribution in [2.45, 2.75) is 24.5 Å². The first-order valence-corrected chi connectivity index (χ1v) is 11.8. The summed E-state index contributed by atoms with van der Waals surface area (Å²) in [4.78, 5) is 18.7. The van der Waals surface area contributed by atoms with E-state index < -0.39 is 0 Å². The monoisotopic (exact) mass is 435 g/mol. The van der Waals surface area contributed by atoms with Crippen LogP contribution in [0.5, 0.6) is 0 Å². The summed E-state index contributed by atoms with van der Waals surface area (Å²) in [5.41, 5.74) is 3.20. The number of aryl methyl sites for hydroxylation is 1. The molecular weight excluding hydrogens is 406 g/mol. The average Bonchev–Trinajstić information content (AvgIpc) is 3.28. The summed E-state index contributed by atoms with van der Waals surface area (Å²) in [6, 6.07) is 19.9. The number of nitrogens with one attached hydrogen (secondary N) is 1. The largest absolute Gasteiger partial charge is 0.455 e.